The van der Waals surface area contributed by atoms with Crippen LogP contribution in [0.5, 0.6) is 0 Å². The minimum absolute atomic E-state index is 0.216. The van der Waals surface area contributed by atoms with E-state index in [4.69, 9.17) is 4.74 Å². The second-order valence-corrected chi connectivity index (χ2v) is 13.6. The molecule has 0 aliphatic heterocycles. The van der Waals surface area contributed by atoms with Gasteiger partial charge in [0.1, 0.15) is 5.78 Å². The second kappa shape index (κ2) is 11.5. The molecule has 4 atom stereocenters. The number of ether oxygens (including phenoxy) is 1. The third-order valence-electron chi connectivity index (χ3n) is 7.27. The maximum absolute atomic E-state index is 12.8. The quantitative estimate of drug-likeness (QED) is 0.324. The molecule has 0 spiro atoms. The Balaban J connectivity index is 2.58. The molecule has 0 N–H and O–H groups in total. The van der Waals surface area contributed by atoms with E-state index >= 15 is 0 Å². The normalized spacial score (nSPS) is 20.4. The lowest BCUT2D eigenvalue weighted by atomic mass is 9.82. The van der Waals surface area contributed by atoms with Crippen molar-refractivity contribution in [3.8, 4) is 0 Å². The Morgan fingerprint density at radius 3 is 1.88 bits per heavy atom. The van der Waals surface area contributed by atoms with Crippen LogP contribution in [0.1, 0.15) is 128 Å². The van der Waals surface area contributed by atoms with Crippen LogP contribution in [-0.4, -0.2) is 31.8 Å². The number of ketones is 1. The Labute approximate surface area is 208 Å². The van der Waals surface area contributed by atoms with E-state index < -0.39 is 21.2 Å². The molecular weight excluding hydrogens is 444 g/mol. The SMILES string of the molecule is C/C(=C/[C@@H](C)S(C)(=O)=O)[C@@H](O[C@@H](C)c1c(C(C)C)cc(C(C)C)cc1C(C)C)[C@@H]1CCCC1=O. The van der Waals surface area contributed by atoms with Crippen molar-refractivity contribution in [1.29, 1.82) is 0 Å². The molecular formula is C29H46O4S. The van der Waals surface area contributed by atoms with Gasteiger partial charge in [-0.3, -0.25) is 4.79 Å². The molecule has 0 heterocycles. The van der Waals surface area contributed by atoms with E-state index in [0.717, 1.165) is 18.4 Å². The van der Waals surface area contributed by atoms with Gasteiger partial charge in [0.2, 0.25) is 0 Å². The van der Waals surface area contributed by atoms with Crippen molar-refractivity contribution in [2.24, 2.45) is 5.92 Å². The summed E-state index contributed by atoms with van der Waals surface area (Å²) in [6.07, 6.45) is 4.61. The summed E-state index contributed by atoms with van der Waals surface area (Å²) in [5.41, 5.74) is 5.98. The summed E-state index contributed by atoms with van der Waals surface area (Å²) in [5.74, 6) is 1.12. The predicted octanol–water partition coefficient (Wildman–Crippen LogP) is 7.25. The molecule has 1 aliphatic rings. The molecule has 5 heteroatoms. The van der Waals surface area contributed by atoms with Crippen molar-refractivity contribution in [2.75, 3.05) is 6.26 Å². The van der Waals surface area contributed by atoms with E-state index in [-0.39, 0.29) is 17.8 Å². The van der Waals surface area contributed by atoms with Crippen LogP contribution < -0.4 is 0 Å². The van der Waals surface area contributed by atoms with Crippen LogP contribution in [0.25, 0.3) is 0 Å². The van der Waals surface area contributed by atoms with Crippen LogP contribution in [0.2, 0.25) is 0 Å². The van der Waals surface area contributed by atoms with Gasteiger partial charge in [-0.25, -0.2) is 8.42 Å². The molecule has 2 rings (SSSR count). The maximum Gasteiger partial charge on any atom is 0.153 e. The first-order valence-electron chi connectivity index (χ1n) is 12.9. The molecule has 1 aromatic rings. The largest absolute Gasteiger partial charge is 0.365 e. The number of rotatable bonds is 10. The first-order chi connectivity index (χ1) is 15.6. The Kier molecular flexibility index (Phi) is 9.75. The van der Waals surface area contributed by atoms with Gasteiger partial charge in [0.25, 0.3) is 0 Å². The van der Waals surface area contributed by atoms with Crippen LogP contribution in [0.15, 0.2) is 23.8 Å². The van der Waals surface area contributed by atoms with Crippen molar-refractivity contribution < 1.29 is 17.9 Å². The molecule has 0 aromatic heterocycles. The molecule has 1 fully saturated rings. The average molecular weight is 491 g/mol. The number of benzene rings is 1. The van der Waals surface area contributed by atoms with Gasteiger partial charge in [-0.15, -0.1) is 0 Å². The smallest absolute Gasteiger partial charge is 0.153 e. The molecule has 4 nitrogen and oxygen atoms in total. The highest BCUT2D eigenvalue weighted by molar-refractivity contribution is 7.91. The van der Waals surface area contributed by atoms with Crippen LogP contribution in [0.3, 0.4) is 0 Å². The molecule has 0 bridgehead atoms. The fourth-order valence-electron chi connectivity index (χ4n) is 5.04. The van der Waals surface area contributed by atoms with E-state index in [1.54, 1.807) is 13.0 Å². The number of carbonyl (C=O) groups excluding carboxylic acids is 1. The van der Waals surface area contributed by atoms with Crippen molar-refractivity contribution in [3.05, 3.63) is 46.0 Å². The van der Waals surface area contributed by atoms with Crippen molar-refractivity contribution in [1.82, 2.24) is 0 Å². The molecule has 0 amide bonds. The fourth-order valence-corrected chi connectivity index (χ4v) is 5.50. The Morgan fingerprint density at radius 1 is 0.971 bits per heavy atom. The number of sulfone groups is 1. The van der Waals surface area contributed by atoms with Gasteiger partial charge in [0.05, 0.1) is 17.5 Å². The topological polar surface area (TPSA) is 60.4 Å². The zero-order valence-corrected chi connectivity index (χ0v) is 23.8. The molecule has 1 saturated carbocycles. The summed E-state index contributed by atoms with van der Waals surface area (Å²) in [5, 5.41) is -0.617. The zero-order chi connectivity index (χ0) is 26.0. The lowest BCUT2D eigenvalue weighted by Gasteiger charge is -2.32. The number of Topliss-reactive ketones (excluding diaryl/α,β-unsaturated/α-hetero) is 1. The number of carbonyl (C=O) groups is 1. The van der Waals surface area contributed by atoms with Gasteiger partial charge in [0, 0.05) is 18.6 Å². The minimum Gasteiger partial charge on any atom is -0.365 e. The van der Waals surface area contributed by atoms with E-state index in [1.807, 2.05) is 6.92 Å². The Morgan fingerprint density at radius 2 is 1.50 bits per heavy atom. The van der Waals surface area contributed by atoms with Crippen LogP contribution >= 0.6 is 0 Å². The van der Waals surface area contributed by atoms with Gasteiger partial charge >= 0.3 is 0 Å². The van der Waals surface area contributed by atoms with Gasteiger partial charge in [0.15, 0.2) is 9.84 Å². The second-order valence-electron chi connectivity index (χ2n) is 11.2. The third kappa shape index (κ3) is 6.81. The van der Waals surface area contributed by atoms with Crippen molar-refractivity contribution >= 4 is 15.6 Å². The summed E-state index contributed by atoms with van der Waals surface area (Å²) >= 11 is 0. The maximum atomic E-state index is 12.8. The van der Waals surface area contributed by atoms with E-state index in [9.17, 15) is 13.2 Å². The summed E-state index contributed by atoms with van der Waals surface area (Å²) in [7, 11) is -3.21. The summed E-state index contributed by atoms with van der Waals surface area (Å²) in [6.45, 7) is 19.0. The van der Waals surface area contributed by atoms with Gasteiger partial charge in [-0.05, 0) is 79.2 Å². The predicted molar refractivity (Wildman–Crippen MR) is 142 cm³/mol. The third-order valence-corrected chi connectivity index (χ3v) is 8.76. The molecule has 0 unspecified atom stereocenters. The fraction of sp³-hybridized carbons (Fsp3) is 0.690. The molecule has 0 radical (unpaired) electrons. The van der Waals surface area contributed by atoms with Gasteiger partial charge in [-0.1, -0.05) is 59.8 Å². The van der Waals surface area contributed by atoms with Crippen LogP contribution in [-0.2, 0) is 19.4 Å². The lowest BCUT2D eigenvalue weighted by molar-refractivity contribution is -0.125. The first kappa shape index (κ1) is 28.8. The average Bonchev–Trinajstić information content (AvgIpc) is 3.15. The highest BCUT2D eigenvalue weighted by atomic mass is 32.2. The van der Waals surface area contributed by atoms with Gasteiger partial charge in [-0.2, -0.15) is 0 Å². The number of hydrogen-bond donors (Lipinski definition) is 0. The summed E-state index contributed by atoms with van der Waals surface area (Å²) in [4.78, 5) is 12.8. The zero-order valence-electron chi connectivity index (χ0n) is 22.9. The highest BCUT2D eigenvalue weighted by Crippen LogP contribution is 2.40. The van der Waals surface area contributed by atoms with Crippen molar-refractivity contribution in [3.63, 3.8) is 0 Å². The lowest BCUT2D eigenvalue weighted by Crippen LogP contribution is -2.31. The Bertz CT molecular complexity index is 972. The van der Waals surface area contributed by atoms with E-state index in [0.29, 0.717) is 24.2 Å². The van der Waals surface area contributed by atoms with Crippen molar-refractivity contribution in [2.45, 2.75) is 117 Å². The van der Waals surface area contributed by atoms with E-state index in [2.05, 4.69) is 60.6 Å². The van der Waals surface area contributed by atoms with E-state index in [1.165, 1.54) is 28.5 Å². The molecule has 192 valence electrons. The monoisotopic (exact) mass is 490 g/mol. The molecule has 1 aliphatic carbocycles. The summed E-state index contributed by atoms with van der Waals surface area (Å²) in [6, 6.07) is 4.64. The van der Waals surface area contributed by atoms with Crippen LogP contribution in [0, 0.1) is 5.92 Å². The standard InChI is InChI=1S/C29H46O4S/c1-17(2)23-15-25(18(3)4)28(26(16-23)19(5)6)22(9)33-29(24-12-11-13-27(24)30)20(7)14-21(8)34(10,31)32/h14-19,21-22,24,29H,11-13H2,1-10H3/b20-14-/t21-,22+,24-,29-/m1/s1. The molecule has 0 saturated heterocycles. The number of hydrogen-bond acceptors (Lipinski definition) is 4. The van der Waals surface area contributed by atoms with Gasteiger partial charge < -0.3 is 4.74 Å². The Hall–Kier alpha value is -1.46. The minimum atomic E-state index is -3.21. The first-order valence-corrected chi connectivity index (χ1v) is 14.8. The van der Waals surface area contributed by atoms with Crippen LogP contribution in [0.4, 0.5) is 0 Å². The molecule has 1 aromatic carbocycles. The molecule has 34 heavy (non-hydrogen) atoms. The summed E-state index contributed by atoms with van der Waals surface area (Å²) < 4.78 is 30.9. The highest BCUT2D eigenvalue weighted by Gasteiger charge is 2.36.